The van der Waals surface area contributed by atoms with Crippen molar-refractivity contribution in [3.63, 3.8) is 0 Å². The third-order valence-electron chi connectivity index (χ3n) is 6.32. The smallest absolute Gasteiger partial charge is 0.543 e. The number of hydrogen-bond acceptors (Lipinski definition) is 10. The molecular formula is C20H23N4NaO6S2. The molecule has 4 aliphatic rings. The second kappa shape index (κ2) is 9.84. The number of hydrogen-bond donors (Lipinski definition) is 1. The molecule has 4 aliphatic heterocycles. The number of thiazole rings is 1. The summed E-state index contributed by atoms with van der Waals surface area (Å²) in [6.07, 6.45) is -0.379. The average Bonchev–Trinajstić information content (AvgIpc) is 3.33. The number of carboxylic acids is 1. The maximum Gasteiger partial charge on any atom is 1.00 e. The summed E-state index contributed by atoms with van der Waals surface area (Å²) >= 11 is 2.88. The van der Waals surface area contributed by atoms with Gasteiger partial charge in [-0.25, -0.2) is 4.98 Å². The monoisotopic (exact) mass is 502 g/mol. The predicted octanol–water partition coefficient (Wildman–Crippen LogP) is -3.89. The Labute approximate surface area is 221 Å². The summed E-state index contributed by atoms with van der Waals surface area (Å²) in [6, 6.07) is -0.304. The van der Waals surface area contributed by atoms with Crippen molar-refractivity contribution >= 4 is 46.0 Å². The first-order valence-electron chi connectivity index (χ1n) is 10.5. The van der Waals surface area contributed by atoms with Gasteiger partial charge in [-0.15, -0.1) is 23.1 Å². The quantitative estimate of drug-likeness (QED) is 0.307. The molecule has 5 rings (SSSR count). The van der Waals surface area contributed by atoms with E-state index in [-0.39, 0.29) is 58.4 Å². The minimum Gasteiger partial charge on any atom is -0.543 e. The van der Waals surface area contributed by atoms with Crippen molar-refractivity contribution in [3.8, 4) is 0 Å². The molecule has 5 heterocycles. The summed E-state index contributed by atoms with van der Waals surface area (Å²) in [7, 11) is 0. The van der Waals surface area contributed by atoms with E-state index in [0.717, 1.165) is 5.13 Å². The second-order valence-electron chi connectivity index (χ2n) is 8.37. The summed E-state index contributed by atoms with van der Waals surface area (Å²) < 4.78 is 5.28. The number of carbonyl (C=O) groups is 3. The zero-order valence-electron chi connectivity index (χ0n) is 18.4. The van der Waals surface area contributed by atoms with E-state index in [1.165, 1.54) is 28.0 Å². The molecule has 0 aliphatic carbocycles. The molecular weight excluding hydrogens is 479 g/mol. The molecule has 13 heteroatoms. The van der Waals surface area contributed by atoms with Crippen LogP contribution in [0.5, 0.6) is 0 Å². The van der Waals surface area contributed by atoms with Crippen LogP contribution < -0.4 is 39.6 Å². The number of aliphatic hydroxyl groups is 1. The maximum atomic E-state index is 12.6. The first kappa shape index (κ1) is 25.0. The van der Waals surface area contributed by atoms with Gasteiger partial charge in [0.05, 0.1) is 42.9 Å². The summed E-state index contributed by atoms with van der Waals surface area (Å²) in [5.74, 6) is -2.35. The summed E-state index contributed by atoms with van der Waals surface area (Å²) in [5.41, 5.74) is 0.390. The minimum absolute atomic E-state index is 0. The number of aliphatic hydroxyl groups excluding tert-OH is 1. The molecule has 0 bridgehead atoms. The van der Waals surface area contributed by atoms with Gasteiger partial charge < -0.3 is 34.4 Å². The number of carbonyl (C=O) groups excluding carboxylic acids is 3. The fourth-order valence-electron chi connectivity index (χ4n) is 4.63. The Morgan fingerprint density at radius 2 is 2.03 bits per heavy atom. The second-order valence-corrected chi connectivity index (χ2v) is 10.6. The van der Waals surface area contributed by atoms with Crippen LogP contribution in [0.25, 0.3) is 0 Å². The topological polar surface area (TPSA) is 126 Å². The van der Waals surface area contributed by atoms with Crippen molar-refractivity contribution in [3.05, 3.63) is 21.7 Å². The van der Waals surface area contributed by atoms with Crippen LogP contribution in [0.15, 0.2) is 16.0 Å². The van der Waals surface area contributed by atoms with Gasteiger partial charge >= 0.3 is 29.6 Å². The summed E-state index contributed by atoms with van der Waals surface area (Å²) in [5, 5.41) is 24.2. The van der Waals surface area contributed by atoms with E-state index >= 15 is 0 Å². The van der Waals surface area contributed by atoms with E-state index < -0.39 is 18.0 Å². The van der Waals surface area contributed by atoms with E-state index in [0.29, 0.717) is 56.4 Å². The van der Waals surface area contributed by atoms with E-state index in [4.69, 9.17) is 4.74 Å². The van der Waals surface area contributed by atoms with E-state index in [1.54, 1.807) is 17.2 Å². The number of aromatic nitrogens is 1. The molecule has 1 aromatic heterocycles. The number of fused-ring (bicyclic) bond motifs is 1. The van der Waals surface area contributed by atoms with Crippen LogP contribution in [-0.2, 0) is 14.3 Å². The summed E-state index contributed by atoms with van der Waals surface area (Å²) in [6.45, 7) is 5.12. The Kier molecular flexibility index (Phi) is 7.44. The van der Waals surface area contributed by atoms with Gasteiger partial charge in [0.25, 0.3) is 5.91 Å². The fraction of sp³-hybridized carbons (Fsp3) is 0.600. The summed E-state index contributed by atoms with van der Waals surface area (Å²) in [4.78, 5) is 46.8. The number of amides is 2. The predicted molar refractivity (Wildman–Crippen MR) is 115 cm³/mol. The van der Waals surface area contributed by atoms with Gasteiger partial charge in [-0.1, -0.05) is 0 Å². The molecule has 1 N–H and O–H groups in total. The van der Waals surface area contributed by atoms with E-state index in [1.807, 2.05) is 0 Å². The number of anilines is 1. The molecule has 10 nitrogen and oxygen atoms in total. The number of ether oxygens (including phenoxy) is 1. The molecule has 33 heavy (non-hydrogen) atoms. The van der Waals surface area contributed by atoms with Crippen LogP contribution in [0.2, 0.25) is 0 Å². The largest absolute Gasteiger partial charge is 1.00 e. The molecule has 0 aromatic carbocycles. The van der Waals surface area contributed by atoms with Crippen molar-refractivity contribution in [1.29, 1.82) is 0 Å². The molecule has 0 spiro atoms. The zero-order valence-corrected chi connectivity index (χ0v) is 22.1. The Bertz CT molecular complexity index is 989. The van der Waals surface area contributed by atoms with Crippen LogP contribution in [0.4, 0.5) is 5.13 Å². The minimum atomic E-state index is -1.35. The Balaban J connectivity index is 0.00000259. The molecule has 0 saturated carbocycles. The Morgan fingerprint density at radius 1 is 1.33 bits per heavy atom. The third kappa shape index (κ3) is 4.46. The van der Waals surface area contributed by atoms with Crippen LogP contribution in [0.1, 0.15) is 23.8 Å². The van der Waals surface area contributed by atoms with E-state index in [9.17, 15) is 24.6 Å². The molecule has 3 fully saturated rings. The van der Waals surface area contributed by atoms with Crippen molar-refractivity contribution in [2.75, 3.05) is 44.3 Å². The normalized spacial score (nSPS) is 25.9. The third-order valence-corrected chi connectivity index (χ3v) is 8.50. The van der Waals surface area contributed by atoms with Gasteiger partial charge in [0, 0.05) is 48.1 Å². The van der Waals surface area contributed by atoms with Gasteiger partial charge in [-0.05, 0) is 6.92 Å². The van der Waals surface area contributed by atoms with Gasteiger partial charge in [-0.2, -0.15) is 0 Å². The number of carboxylic acid groups (broad SMARTS) is 1. The number of rotatable bonds is 6. The maximum absolute atomic E-state index is 12.6. The number of aliphatic carboxylic acids is 1. The standard InChI is InChI=1S/C20H24N4O6S2.Na/c1-10(25)15-13-6-14(16(19(28)29)24(13)18(15)27)32-11-7-23(8-11)20-21-12(9-31-20)17(26)22-2-4-30-5-3-22;/h9-11,13,15,25H,2-8H2,1H3,(H,28,29);/q;+1/p-1/t10-,13-,15-;/m1./s1. The van der Waals surface area contributed by atoms with Crippen molar-refractivity contribution < 1.29 is 58.9 Å². The van der Waals surface area contributed by atoms with E-state index in [2.05, 4.69) is 9.88 Å². The molecule has 3 saturated heterocycles. The van der Waals surface area contributed by atoms with Crippen LogP contribution in [0, 0.1) is 5.92 Å². The first-order valence-corrected chi connectivity index (χ1v) is 12.3. The van der Waals surface area contributed by atoms with Gasteiger partial charge in [0.1, 0.15) is 5.69 Å². The van der Waals surface area contributed by atoms with Crippen LogP contribution in [-0.4, -0.2) is 94.5 Å². The molecule has 0 unspecified atom stereocenters. The fourth-order valence-corrected chi connectivity index (χ4v) is 6.92. The van der Waals surface area contributed by atoms with Crippen molar-refractivity contribution in [1.82, 2.24) is 14.8 Å². The molecule has 3 atom stereocenters. The SMILES string of the molecule is C[C@@H](O)[C@H]1C(=O)N2C(C(=O)[O-])=C(SC3CN(c4nc(C(=O)N5CCOCC5)cs4)C3)C[C@H]12.[Na+]. The first-order chi connectivity index (χ1) is 15.3. The zero-order chi connectivity index (χ0) is 22.6. The number of β-lactam (4-membered cyclic amide) rings is 1. The van der Waals surface area contributed by atoms with Crippen molar-refractivity contribution in [2.24, 2.45) is 5.92 Å². The van der Waals surface area contributed by atoms with Crippen LogP contribution in [0.3, 0.4) is 0 Å². The van der Waals surface area contributed by atoms with Crippen molar-refractivity contribution in [2.45, 2.75) is 30.7 Å². The van der Waals surface area contributed by atoms with Gasteiger partial charge in [0.2, 0.25) is 5.91 Å². The molecule has 1 aromatic rings. The van der Waals surface area contributed by atoms with Gasteiger partial charge in [0.15, 0.2) is 5.13 Å². The number of nitrogens with zero attached hydrogens (tertiary/aromatic N) is 4. The molecule has 172 valence electrons. The Hall–Kier alpha value is -1.15. The number of morpholine rings is 1. The average molecular weight is 503 g/mol. The molecule has 0 radical (unpaired) electrons. The molecule has 2 amide bonds. The van der Waals surface area contributed by atoms with Gasteiger partial charge in [-0.3, -0.25) is 9.59 Å². The number of thioether (sulfide) groups is 1. The Morgan fingerprint density at radius 3 is 2.67 bits per heavy atom. The van der Waals surface area contributed by atoms with Crippen LogP contribution >= 0.6 is 23.1 Å².